The van der Waals surface area contributed by atoms with Crippen LogP contribution in [0.2, 0.25) is 0 Å². The lowest BCUT2D eigenvalue weighted by atomic mass is 10.1. The molecular weight excluding hydrogens is 222 g/mol. The van der Waals surface area contributed by atoms with Gasteiger partial charge in [-0.05, 0) is 29.3 Å². The number of piperidine rings is 1. The van der Waals surface area contributed by atoms with Crippen LogP contribution >= 0.6 is 0 Å². The van der Waals surface area contributed by atoms with Crippen molar-refractivity contribution in [2.75, 3.05) is 18.4 Å². The van der Waals surface area contributed by atoms with Gasteiger partial charge in [0.1, 0.15) is 0 Å². The van der Waals surface area contributed by atoms with Crippen LogP contribution in [0.3, 0.4) is 0 Å². The molecule has 7 heteroatoms. The molecule has 0 radical (unpaired) electrons. The Balaban J connectivity index is 2.21. The molecule has 7 nitrogen and oxygen atoms in total. The molecule has 2 heterocycles. The second-order valence-corrected chi connectivity index (χ2v) is 4.33. The lowest BCUT2D eigenvalue weighted by Gasteiger charge is -2.24. The SMILES string of the molecule is Cc1nc([N+](=O)[O-])c(NC2CCCNC2)n1C. The normalized spacial score (nSPS) is 20.2. The van der Waals surface area contributed by atoms with Gasteiger partial charge in [0.2, 0.25) is 11.6 Å². The third-order valence-electron chi connectivity index (χ3n) is 3.11. The number of aromatic nitrogens is 2. The molecule has 0 aliphatic carbocycles. The first-order chi connectivity index (χ1) is 8.09. The van der Waals surface area contributed by atoms with Gasteiger partial charge in [-0.15, -0.1) is 0 Å². The van der Waals surface area contributed by atoms with E-state index in [1.165, 1.54) is 0 Å². The molecule has 0 amide bonds. The zero-order valence-electron chi connectivity index (χ0n) is 10.1. The molecule has 1 aromatic rings. The molecule has 94 valence electrons. The summed E-state index contributed by atoms with van der Waals surface area (Å²) in [6, 6.07) is 0.234. The average molecular weight is 239 g/mol. The maximum absolute atomic E-state index is 10.9. The quantitative estimate of drug-likeness (QED) is 0.602. The van der Waals surface area contributed by atoms with Crippen LogP contribution in [-0.2, 0) is 7.05 Å². The molecule has 1 saturated heterocycles. The Bertz CT molecular complexity index is 423. The minimum Gasteiger partial charge on any atom is -0.360 e. The van der Waals surface area contributed by atoms with Gasteiger partial charge in [0.15, 0.2) is 0 Å². The molecular formula is C10H17N5O2. The maximum Gasteiger partial charge on any atom is 0.406 e. The van der Waals surface area contributed by atoms with E-state index in [4.69, 9.17) is 0 Å². The second kappa shape index (κ2) is 4.70. The van der Waals surface area contributed by atoms with E-state index >= 15 is 0 Å². The highest BCUT2D eigenvalue weighted by molar-refractivity contribution is 5.54. The number of anilines is 1. The molecule has 0 aromatic carbocycles. The fourth-order valence-corrected chi connectivity index (χ4v) is 2.05. The number of nitro groups is 1. The highest BCUT2D eigenvalue weighted by atomic mass is 16.6. The van der Waals surface area contributed by atoms with Crippen LogP contribution in [0.1, 0.15) is 18.7 Å². The topological polar surface area (TPSA) is 85.0 Å². The van der Waals surface area contributed by atoms with Crippen LogP contribution in [-0.4, -0.2) is 33.6 Å². The van der Waals surface area contributed by atoms with Crippen LogP contribution < -0.4 is 10.6 Å². The number of nitrogens with zero attached hydrogens (tertiary/aromatic N) is 3. The predicted molar refractivity (Wildman–Crippen MR) is 64.1 cm³/mol. The van der Waals surface area contributed by atoms with E-state index in [0.29, 0.717) is 11.6 Å². The highest BCUT2D eigenvalue weighted by Crippen LogP contribution is 2.25. The summed E-state index contributed by atoms with van der Waals surface area (Å²) in [6.45, 7) is 3.61. The van der Waals surface area contributed by atoms with E-state index in [1.807, 2.05) is 0 Å². The first-order valence-electron chi connectivity index (χ1n) is 5.74. The van der Waals surface area contributed by atoms with Crippen molar-refractivity contribution in [2.45, 2.75) is 25.8 Å². The van der Waals surface area contributed by atoms with E-state index in [2.05, 4.69) is 15.6 Å². The number of imidazole rings is 1. The second-order valence-electron chi connectivity index (χ2n) is 4.33. The number of hydrogen-bond acceptors (Lipinski definition) is 5. The van der Waals surface area contributed by atoms with E-state index in [0.717, 1.165) is 25.9 Å². The van der Waals surface area contributed by atoms with E-state index in [-0.39, 0.29) is 11.9 Å². The van der Waals surface area contributed by atoms with Crippen molar-refractivity contribution in [3.05, 3.63) is 15.9 Å². The fourth-order valence-electron chi connectivity index (χ4n) is 2.05. The lowest BCUT2D eigenvalue weighted by molar-refractivity contribution is -0.388. The van der Waals surface area contributed by atoms with Gasteiger partial charge in [-0.2, -0.15) is 0 Å². The summed E-state index contributed by atoms with van der Waals surface area (Å²) >= 11 is 0. The summed E-state index contributed by atoms with van der Waals surface area (Å²) in [5, 5.41) is 17.4. The standard InChI is InChI=1S/C10H17N5O2/c1-7-12-10(15(16)17)9(14(7)2)13-8-4-3-5-11-6-8/h8,11,13H,3-6H2,1-2H3. The molecule has 1 unspecified atom stereocenters. The number of nitrogens with one attached hydrogen (secondary N) is 2. The Kier molecular flexibility index (Phi) is 3.28. The monoisotopic (exact) mass is 239 g/mol. The van der Waals surface area contributed by atoms with Crippen LogP contribution in [0.4, 0.5) is 11.6 Å². The van der Waals surface area contributed by atoms with Crippen molar-refractivity contribution >= 4 is 11.6 Å². The lowest BCUT2D eigenvalue weighted by Crippen LogP contribution is -2.38. The first-order valence-corrected chi connectivity index (χ1v) is 5.74. The maximum atomic E-state index is 10.9. The van der Waals surface area contributed by atoms with Gasteiger partial charge < -0.3 is 20.7 Å². The summed E-state index contributed by atoms with van der Waals surface area (Å²) in [5.74, 6) is 1.06. The number of rotatable bonds is 3. The van der Waals surface area contributed by atoms with Gasteiger partial charge in [0.25, 0.3) is 0 Å². The molecule has 2 rings (SSSR count). The summed E-state index contributed by atoms with van der Waals surface area (Å²) in [6.07, 6.45) is 2.11. The fraction of sp³-hybridized carbons (Fsp3) is 0.700. The van der Waals surface area contributed by atoms with Gasteiger partial charge in [0.05, 0.1) is 0 Å². The number of aryl methyl sites for hydroxylation is 1. The Labute approximate surface area is 99.4 Å². The third-order valence-corrected chi connectivity index (χ3v) is 3.11. The predicted octanol–water partition coefficient (Wildman–Crippen LogP) is 0.801. The zero-order valence-corrected chi connectivity index (χ0v) is 10.1. The molecule has 1 aliphatic heterocycles. The van der Waals surface area contributed by atoms with Crippen molar-refractivity contribution in [3.63, 3.8) is 0 Å². The minimum atomic E-state index is -0.439. The van der Waals surface area contributed by atoms with Gasteiger partial charge in [0, 0.05) is 26.6 Å². The zero-order chi connectivity index (χ0) is 12.4. The van der Waals surface area contributed by atoms with Gasteiger partial charge >= 0.3 is 5.82 Å². The molecule has 17 heavy (non-hydrogen) atoms. The van der Waals surface area contributed by atoms with Crippen molar-refractivity contribution in [1.29, 1.82) is 0 Å². The molecule has 1 fully saturated rings. The van der Waals surface area contributed by atoms with Crippen LogP contribution in [0.15, 0.2) is 0 Å². The van der Waals surface area contributed by atoms with Crippen LogP contribution in [0.5, 0.6) is 0 Å². The first kappa shape index (κ1) is 11.8. The minimum absolute atomic E-state index is 0.0874. The van der Waals surface area contributed by atoms with Gasteiger partial charge in [-0.3, -0.25) is 4.57 Å². The Morgan fingerprint density at radius 3 is 3.00 bits per heavy atom. The smallest absolute Gasteiger partial charge is 0.360 e. The van der Waals surface area contributed by atoms with Crippen molar-refractivity contribution < 1.29 is 4.92 Å². The highest BCUT2D eigenvalue weighted by Gasteiger charge is 2.26. The molecule has 1 aliphatic rings. The van der Waals surface area contributed by atoms with Crippen LogP contribution in [0, 0.1) is 17.0 Å². The third kappa shape index (κ3) is 2.38. The molecule has 0 saturated carbocycles. The molecule has 1 aromatic heterocycles. The van der Waals surface area contributed by atoms with Crippen molar-refractivity contribution in [3.8, 4) is 0 Å². The van der Waals surface area contributed by atoms with Gasteiger partial charge in [-0.25, -0.2) is 0 Å². The summed E-state index contributed by atoms with van der Waals surface area (Å²) in [4.78, 5) is 14.4. The van der Waals surface area contributed by atoms with E-state index in [1.54, 1.807) is 18.5 Å². The Hall–Kier alpha value is -1.63. The van der Waals surface area contributed by atoms with Crippen LogP contribution in [0.25, 0.3) is 0 Å². The summed E-state index contributed by atoms with van der Waals surface area (Å²) in [5.41, 5.74) is 0. The average Bonchev–Trinajstić information content (AvgIpc) is 2.59. The van der Waals surface area contributed by atoms with E-state index < -0.39 is 4.92 Å². The Morgan fingerprint density at radius 1 is 1.65 bits per heavy atom. The van der Waals surface area contributed by atoms with Gasteiger partial charge in [-0.1, -0.05) is 0 Å². The summed E-state index contributed by atoms with van der Waals surface area (Å²) < 4.78 is 1.73. The molecule has 0 bridgehead atoms. The van der Waals surface area contributed by atoms with E-state index in [9.17, 15) is 10.1 Å². The molecule has 1 atom stereocenters. The van der Waals surface area contributed by atoms with Crippen molar-refractivity contribution in [2.24, 2.45) is 7.05 Å². The van der Waals surface area contributed by atoms with Crippen molar-refractivity contribution in [1.82, 2.24) is 14.9 Å². The molecule has 2 N–H and O–H groups in total. The summed E-state index contributed by atoms with van der Waals surface area (Å²) in [7, 11) is 1.79. The largest absolute Gasteiger partial charge is 0.406 e. The number of hydrogen-bond donors (Lipinski definition) is 2. The Morgan fingerprint density at radius 2 is 2.41 bits per heavy atom. The molecule has 0 spiro atoms.